The molecule has 0 fully saturated rings. The molecule has 1 aromatic carbocycles. The third-order valence-electron chi connectivity index (χ3n) is 2.79. The van der Waals surface area contributed by atoms with Gasteiger partial charge in [0, 0.05) is 21.9 Å². The van der Waals surface area contributed by atoms with Gasteiger partial charge in [-0.15, -0.1) is 0 Å². The molecule has 2 aromatic rings. The molecule has 0 radical (unpaired) electrons. The van der Waals surface area contributed by atoms with E-state index < -0.39 is 0 Å². The summed E-state index contributed by atoms with van der Waals surface area (Å²) in [5, 5.41) is 6.50. The van der Waals surface area contributed by atoms with Crippen LogP contribution in [-0.2, 0) is 0 Å². The van der Waals surface area contributed by atoms with Gasteiger partial charge in [0.2, 0.25) is 0 Å². The number of aromatic nitrogens is 2. The predicted octanol–water partition coefficient (Wildman–Crippen LogP) is 3.99. The van der Waals surface area contributed by atoms with Gasteiger partial charge in [-0.1, -0.05) is 19.9 Å². The first-order valence-corrected chi connectivity index (χ1v) is 7.25. The molecule has 0 bridgehead atoms. The van der Waals surface area contributed by atoms with E-state index in [-0.39, 0.29) is 0 Å². The Morgan fingerprint density at radius 1 is 1.16 bits per heavy atom. The summed E-state index contributed by atoms with van der Waals surface area (Å²) in [6, 6.07) is 8.21. The molecule has 0 unspecified atom stereocenters. The summed E-state index contributed by atoms with van der Waals surface area (Å²) in [6.07, 6.45) is 1.58. The lowest BCUT2D eigenvalue weighted by Gasteiger charge is -2.16. The lowest BCUT2D eigenvalue weighted by molar-refractivity contribution is 0.852. The van der Waals surface area contributed by atoms with Crippen LogP contribution < -0.4 is 10.6 Å². The number of anilines is 3. The zero-order valence-electron chi connectivity index (χ0n) is 11.2. The molecule has 100 valence electrons. The topological polar surface area (TPSA) is 49.8 Å². The molecule has 5 heteroatoms. The molecule has 2 rings (SSSR count). The standard InChI is InChI=1S/C14H17IN4/c1-9(2)12-13(16-3)17-8-18-14(12)19-11-6-4-5-10(15)7-11/h4-9H,1-3H3,(H2,16,17,18,19). The summed E-state index contributed by atoms with van der Waals surface area (Å²) in [4.78, 5) is 8.64. The number of benzene rings is 1. The second kappa shape index (κ2) is 6.18. The van der Waals surface area contributed by atoms with E-state index in [9.17, 15) is 0 Å². The van der Waals surface area contributed by atoms with Crippen molar-refractivity contribution in [1.82, 2.24) is 9.97 Å². The van der Waals surface area contributed by atoms with E-state index in [1.165, 1.54) is 3.57 Å². The molecule has 0 aliphatic rings. The van der Waals surface area contributed by atoms with Crippen molar-refractivity contribution in [3.63, 3.8) is 0 Å². The van der Waals surface area contributed by atoms with E-state index in [0.717, 1.165) is 22.9 Å². The molecule has 2 N–H and O–H groups in total. The molecule has 0 aliphatic heterocycles. The number of hydrogen-bond donors (Lipinski definition) is 2. The zero-order valence-corrected chi connectivity index (χ0v) is 13.4. The SMILES string of the molecule is CNc1ncnc(Nc2cccc(I)c2)c1C(C)C. The van der Waals surface area contributed by atoms with Gasteiger partial charge < -0.3 is 10.6 Å². The summed E-state index contributed by atoms with van der Waals surface area (Å²) in [6.45, 7) is 4.28. The Morgan fingerprint density at radius 2 is 1.89 bits per heavy atom. The highest BCUT2D eigenvalue weighted by molar-refractivity contribution is 14.1. The maximum absolute atomic E-state index is 4.37. The third-order valence-corrected chi connectivity index (χ3v) is 3.46. The second-order valence-electron chi connectivity index (χ2n) is 4.52. The molecular weight excluding hydrogens is 351 g/mol. The Morgan fingerprint density at radius 3 is 2.53 bits per heavy atom. The fourth-order valence-electron chi connectivity index (χ4n) is 1.94. The number of nitrogens with zero attached hydrogens (tertiary/aromatic N) is 2. The Hall–Kier alpha value is -1.37. The Labute approximate surface area is 127 Å². The summed E-state index contributed by atoms with van der Waals surface area (Å²) >= 11 is 2.30. The van der Waals surface area contributed by atoms with Crippen molar-refractivity contribution in [3.05, 3.63) is 39.7 Å². The monoisotopic (exact) mass is 368 g/mol. The fourth-order valence-corrected chi connectivity index (χ4v) is 2.49. The first kappa shape index (κ1) is 14.0. The third kappa shape index (κ3) is 3.34. The Kier molecular flexibility index (Phi) is 4.57. The largest absolute Gasteiger partial charge is 0.373 e. The molecular formula is C14H17IN4. The predicted molar refractivity (Wildman–Crippen MR) is 88.1 cm³/mol. The van der Waals surface area contributed by atoms with E-state index in [4.69, 9.17) is 0 Å². The highest BCUT2D eigenvalue weighted by atomic mass is 127. The van der Waals surface area contributed by atoms with Gasteiger partial charge in [-0.05, 0) is 46.7 Å². The van der Waals surface area contributed by atoms with E-state index in [0.29, 0.717) is 5.92 Å². The lowest BCUT2D eigenvalue weighted by Crippen LogP contribution is -2.06. The van der Waals surface area contributed by atoms with Crippen LogP contribution in [0.25, 0.3) is 0 Å². The maximum Gasteiger partial charge on any atom is 0.139 e. The molecule has 4 nitrogen and oxygen atoms in total. The first-order valence-electron chi connectivity index (χ1n) is 6.17. The van der Waals surface area contributed by atoms with Gasteiger partial charge in [0.15, 0.2) is 0 Å². The fraction of sp³-hybridized carbons (Fsp3) is 0.286. The molecule has 0 saturated heterocycles. The van der Waals surface area contributed by atoms with Crippen LogP contribution in [0.4, 0.5) is 17.3 Å². The molecule has 0 amide bonds. The summed E-state index contributed by atoms with van der Waals surface area (Å²) in [5.74, 6) is 2.07. The van der Waals surface area contributed by atoms with Crippen molar-refractivity contribution in [3.8, 4) is 0 Å². The van der Waals surface area contributed by atoms with Gasteiger partial charge in [-0.25, -0.2) is 9.97 Å². The van der Waals surface area contributed by atoms with Crippen LogP contribution >= 0.6 is 22.6 Å². The van der Waals surface area contributed by atoms with E-state index in [1.54, 1.807) is 6.33 Å². The van der Waals surface area contributed by atoms with Crippen LogP contribution in [0, 0.1) is 3.57 Å². The van der Waals surface area contributed by atoms with Crippen LogP contribution in [0.15, 0.2) is 30.6 Å². The Balaban J connectivity index is 2.39. The zero-order chi connectivity index (χ0) is 13.8. The average molecular weight is 368 g/mol. The summed E-state index contributed by atoms with van der Waals surface area (Å²) in [7, 11) is 1.88. The van der Waals surface area contributed by atoms with E-state index in [2.05, 4.69) is 69.2 Å². The van der Waals surface area contributed by atoms with Crippen LogP contribution in [0.2, 0.25) is 0 Å². The van der Waals surface area contributed by atoms with Crippen LogP contribution in [0.3, 0.4) is 0 Å². The number of halogens is 1. The lowest BCUT2D eigenvalue weighted by atomic mass is 10.0. The smallest absolute Gasteiger partial charge is 0.139 e. The van der Waals surface area contributed by atoms with Crippen LogP contribution in [0.5, 0.6) is 0 Å². The van der Waals surface area contributed by atoms with Crippen LogP contribution in [0.1, 0.15) is 25.3 Å². The van der Waals surface area contributed by atoms with Gasteiger partial charge in [0.25, 0.3) is 0 Å². The highest BCUT2D eigenvalue weighted by Crippen LogP contribution is 2.30. The minimum atomic E-state index is 0.342. The molecule has 0 aliphatic carbocycles. The summed E-state index contributed by atoms with van der Waals surface area (Å²) < 4.78 is 1.19. The van der Waals surface area contributed by atoms with Crippen molar-refractivity contribution >= 4 is 39.9 Å². The quantitative estimate of drug-likeness (QED) is 0.802. The van der Waals surface area contributed by atoms with Crippen molar-refractivity contribution in [2.24, 2.45) is 0 Å². The molecule has 0 spiro atoms. The number of rotatable bonds is 4. The van der Waals surface area contributed by atoms with E-state index >= 15 is 0 Å². The first-order chi connectivity index (χ1) is 9.11. The van der Waals surface area contributed by atoms with Crippen LogP contribution in [-0.4, -0.2) is 17.0 Å². The number of hydrogen-bond acceptors (Lipinski definition) is 4. The average Bonchev–Trinajstić information content (AvgIpc) is 2.38. The molecule has 1 heterocycles. The Bertz CT molecular complexity index is 569. The second-order valence-corrected chi connectivity index (χ2v) is 5.77. The maximum atomic E-state index is 4.37. The van der Waals surface area contributed by atoms with Gasteiger partial charge >= 0.3 is 0 Å². The normalized spacial score (nSPS) is 10.6. The highest BCUT2D eigenvalue weighted by Gasteiger charge is 2.14. The van der Waals surface area contributed by atoms with Gasteiger partial charge in [-0.2, -0.15) is 0 Å². The molecule has 0 atom stereocenters. The molecule has 1 aromatic heterocycles. The van der Waals surface area contributed by atoms with Crippen molar-refractivity contribution in [2.75, 3.05) is 17.7 Å². The van der Waals surface area contributed by atoms with E-state index in [1.807, 2.05) is 19.2 Å². The number of nitrogens with one attached hydrogen (secondary N) is 2. The molecule has 0 saturated carbocycles. The van der Waals surface area contributed by atoms with Crippen molar-refractivity contribution in [2.45, 2.75) is 19.8 Å². The van der Waals surface area contributed by atoms with Gasteiger partial charge in [0.05, 0.1) is 0 Å². The van der Waals surface area contributed by atoms with Crippen molar-refractivity contribution < 1.29 is 0 Å². The minimum absolute atomic E-state index is 0.342. The van der Waals surface area contributed by atoms with Gasteiger partial charge in [0.1, 0.15) is 18.0 Å². The minimum Gasteiger partial charge on any atom is -0.373 e. The molecule has 19 heavy (non-hydrogen) atoms. The summed E-state index contributed by atoms with van der Waals surface area (Å²) in [5.41, 5.74) is 2.14. The van der Waals surface area contributed by atoms with Crippen molar-refractivity contribution in [1.29, 1.82) is 0 Å². The van der Waals surface area contributed by atoms with Gasteiger partial charge in [-0.3, -0.25) is 0 Å².